The molecular formula is C15H17ClN2O5. The molecule has 1 saturated carbocycles. The molecule has 1 aliphatic carbocycles. The maximum absolute atomic E-state index is 11.7. The van der Waals surface area contributed by atoms with E-state index in [1.165, 1.54) is 12.1 Å². The Morgan fingerprint density at radius 2 is 2.04 bits per heavy atom. The predicted octanol–water partition coefficient (Wildman–Crippen LogP) is 3.31. The van der Waals surface area contributed by atoms with Crippen molar-refractivity contribution in [3.8, 4) is 0 Å². The number of amides is 1. The van der Waals surface area contributed by atoms with E-state index in [4.69, 9.17) is 16.3 Å². The van der Waals surface area contributed by atoms with E-state index in [1.54, 1.807) is 0 Å². The summed E-state index contributed by atoms with van der Waals surface area (Å²) in [5, 5.41) is 13.1. The van der Waals surface area contributed by atoms with Gasteiger partial charge in [-0.2, -0.15) is 0 Å². The second kappa shape index (κ2) is 7.92. The molecular weight excluding hydrogens is 324 g/mol. The number of hydrogen-bond donors (Lipinski definition) is 1. The van der Waals surface area contributed by atoms with Crippen LogP contribution in [-0.4, -0.2) is 23.4 Å². The molecule has 2 rings (SSSR count). The van der Waals surface area contributed by atoms with Crippen molar-refractivity contribution in [3.05, 3.63) is 33.3 Å². The van der Waals surface area contributed by atoms with Crippen LogP contribution in [0.15, 0.2) is 18.2 Å². The first-order valence-corrected chi connectivity index (χ1v) is 7.73. The van der Waals surface area contributed by atoms with Gasteiger partial charge in [0, 0.05) is 18.6 Å². The largest absolute Gasteiger partial charge is 0.456 e. The Hall–Kier alpha value is -2.15. The van der Waals surface area contributed by atoms with Crippen molar-refractivity contribution < 1.29 is 19.2 Å². The van der Waals surface area contributed by atoms with Crippen LogP contribution in [0.25, 0.3) is 0 Å². The zero-order valence-electron chi connectivity index (χ0n) is 12.4. The van der Waals surface area contributed by atoms with Gasteiger partial charge in [0.1, 0.15) is 0 Å². The molecule has 1 aromatic rings. The standard InChI is InChI=1S/C15H17ClN2O5/c16-12-8-11(18(21)22)5-6-13(12)17-14(19)9-23-15(20)7-10-3-1-2-4-10/h5-6,8,10H,1-4,7,9H2,(H,17,19). The van der Waals surface area contributed by atoms with Gasteiger partial charge in [-0.25, -0.2) is 0 Å². The van der Waals surface area contributed by atoms with Crippen LogP contribution in [0.5, 0.6) is 0 Å². The third-order valence-corrected chi connectivity index (χ3v) is 4.04. The third kappa shape index (κ3) is 5.21. The van der Waals surface area contributed by atoms with Crippen molar-refractivity contribution in [3.63, 3.8) is 0 Å². The number of carbonyl (C=O) groups excluding carboxylic acids is 2. The van der Waals surface area contributed by atoms with Gasteiger partial charge in [-0.15, -0.1) is 0 Å². The highest BCUT2D eigenvalue weighted by molar-refractivity contribution is 6.34. The van der Waals surface area contributed by atoms with E-state index >= 15 is 0 Å². The minimum atomic E-state index is -0.581. The highest BCUT2D eigenvalue weighted by Gasteiger charge is 2.20. The second-order valence-corrected chi connectivity index (χ2v) is 5.89. The van der Waals surface area contributed by atoms with Gasteiger partial charge in [-0.05, 0) is 24.8 Å². The zero-order chi connectivity index (χ0) is 16.8. The molecule has 0 saturated heterocycles. The Morgan fingerprint density at radius 1 is 1.35 bits per heavy atom. The molecule has 0 unspecified atom stereocenters. The maximum atomic E-state index is 11.7. The lowest BCUT2D eigenvalue weighted by Crippen LogP contribution is -2.21. The summed E-state index contributed by atoms with van der Waals surface area (Å²) < 4.78 is 4.94. The molecule has 1 fully saturated rings. The quantitative estimate of drug-likeness (QED) is 0.486. The molecule has 7 nitrogen and oxygen atoms in total. The molecule has 1 aliphatic rings. The molecule has 0 bridgehead atoms. The number of benzene rings is 1. The molecule has 0 radical (unpaired) electrons. The molecule has 1 aromatic carbocycles. The summed E-state index contributed by atoms with van der Waals surface area (Å²) in [7, 11) is 0. The number of esters is 1. The summed E-state index contributed by atoms with van der Waals surface area (Å²) in [6, 6.07) is 3.70. The Bertz CT molecular complexity index is 614. The van der Waals surface area contributed by atoms with E-state index in [-0.39, 0.29) is 22.4 Å². The number of nitrogens with one attached hydrogen (secondary N) is 1. The number of carbonyl (C=O) groups is 2. The molecule has 23 heavy (non-hydrogen) atoms. The Kier molecular flexibility index (Phi) is 5.92. The molecule has 0 heterocycles. The number of nitro benzene ring substituents is 1. The summed E-state index contributed by atoms with van der Waals surface area (Å²) in [6.07, 6.45) is 4.67. The number of anilines is 1. The van der Waals surface area contributed by atoms with Crippen LogP contribution in [0.1, 0.15) is 32.1 Å². The van der Waals surface area contributed by atoms with Crippen LogP contribution in [0.4, 0.5) is 11.4 Å². The van der Waals surface area contributed by atoms with E-state index in [2.05, 4.69) is 5.32 Å². The van der Waals surface area contributed by atoms with Crippen molar-refractivity contribution in [2.24, 2.45) is 5.92 Å². The maximum Gasteiger partial charge on any atom is 0.306 e. The van der Waals surface area contributed by atoms with Gasteiger partial charge in [0.05, 0.1) is 15.6 Å². The SMILES string of the molecule is O=C(COC(=O)CC1CCCC1)Nc1ccc([N+](=O)[O-])cc1Cl. The summed E-state index contributed by atoms with van der Waals surface area (Å²) in [5.41, 5.74) is 0.0603. The van der Waals surface area contributed by atoms with Crippen molar-refractivity contribution >= 4 is 34.9 Å². The fourth-order valence-corrected chi connectivity index (χ4v) is 2.78. The summed E-state index contributed by atoms with van der Waals surface area (Å²) in [5.74, 6) is -0.572. The van der Waals surface area contributed by atoms with Gasteiger partial charge in [-0.3, -0.25) is 19.7 Å². The molecule has 0 spiro atoms. The number of hydrogen-bond acceptors (Lipinski definition) is 5. The van der Waals surface area contributed by atoms with Crippen LogP contribution in [0.3, 0.4) is 0 Å². The number of rotatable bonds is 6. The lowest BCUT2D eigenvalue weighted by Gasteiger charge is -2.10. The average molecular weight is 341 g/mol. The van der Waals surface area contributed by atoms with E-state index in [1.807, 2.05) is 0 Å². The van der Waals surface area contributed by atoms with Crippen molar-refractivity contribution in [1.82, 2.24) is 0 Å². The smallest absolute Gasteiger partial charge is 0.306 e. The van der Waals surface area contributed by atoms with E-state index in [0.717, 1.165) is 31.7 Å². The van der Waals surface area contributed by atoms with Crippen molar-refractivity contribution in [2.75, 3.05) is 11.9 Å². The summed E-state index contributed by atoms with van der Waals surface area (Å²) in [6.45, 7) is -0.404. The number of nitrogens with zero attached hydrogens (tertiary/aromatic N) is 1. The summed E-state index contributed by atoms with van der Waals surface area (Å²) in [4.78, 5) is 33.4. The topological polar surface area (TPSA) is 98.5 Å². The van der Waals surface area contributed by atoms with Crippen LogP contribution in [0.2, 0.25) is 5.02 Å². The van der Waals surface area contributed by atoms with Crippen LogP contribution in [0, 0.1) is 16.0 Å². The third-order valence-electron chi connectivity index (χ3n) is 3.73. The number of non-ortho nitro benzene ring substituents is 1. The van der Waals surface area contributed by atoms with Crippen LogP contribution in [-0.2, 0) is 14.3 Å². The Balaban J connectivity index is 1.80. The fraction of sp³-hybridized carbons (Fsp3) is 0.467. The Labute approximate surface area is 138 Å². The second-order valence-electron chi connectivity index (χ2n) is 5.48. The normalized spacial score (nSPS) is 14.5. The molecule has 0 atom stereocenters. The van der Waals surface area contributed by atoms with Gasteiger partial charge >= 0.3 is 5.97 Å². The highest BCUT2D eigenvalue weighted by atomic mass is 35.5. The van der Waals surface area contributed by atoms with Crippen LogP contribution < -0.4 is 5.32 Å². The average Bonchev–Trinajstić information content (AvgIpc) is 3.00. The minimum Gasteiger partial charge on any atom is -0.456 e. The number of nitro groups is 1. The first-order chi connectivity index (χ1) is 11.0. The zero-order valence-corrected chi connectivity index (χ0v) is 13.2. The molecule has 0 aliphatic heterocycles. The van der Waals surface area contributed by atoms with Gasteiger partial charge in [-0.1, -0.05) is 24.4 Å². The number of ether oxygens (including phenoxy) is 1. The monoisotopic (exact) mass is 340 g/mol. The van der Waals surface area contributed by atoms with Gasteiger partial charge in [0.15, 0.2) is 6.61 Å². The molecule has 1 amide bonds. The van der Waals surface area contributed by atoms with Crippen molar-refractivity contribution in [1.29, 1.82) is 0 Å². The first-order valence-electron chi connectivity index (χ1n) is 7.35. The van der Waals surface area contributed by atoms with Crippen molar-refractivity contribution in [2.45, 2.75) is 32.1 Å². The lowest BCUT2D eigenvalue weighted by molar-refractivity contribution is -0.384. The molecule has 0 aromatic heterocycles. The molecule has 8 heteroatoms. The lowest BCUT2D eigenvalue weighted by atomic mass is 10.1. The van der Waals surface area contributed by atoms with Gasteiger partial charge in [0.2, 0.25) is 0 Å². The van der Waals surface area contributed by atoms with E-state index in [9.17, 15) is 19.7 Å². The molecule has 124 valence electrons. The fourth-order valence-electron chi connectivity index (χ4n) is 2.56. The summed E-state index contributed by atoms with van der Waals surface area (Å²) >= 11 is 5.87. The van der Waals surface area contributed by atoms with Crippen LogP contribution >= 0.6 is 11.6 Å². The Morgan fingerprint density at radius 3 is 2.65 bits per heavy atom. The van der Waals surface area contributed by atoms with E-state index < -0.39 is 17.4 Å². The minimum absolute atomic E-state index is 0.0461. The predicted molar refractivity (Wildman–Crippen MR) is 84.3 cm³/mol. The number of halogens is 1. The highest BCUT2D eigenvalue weighted by Crippen LogP contribution is 2.28. The van der Waals surface area contributed by atoms with Gasteiger partial charge in [0.25, 0.3) is 11.6 Å². The molecule has 1 N–H and O–H groups in total. The van der Waals surface area contributed by atoms with E-state index in [0.29, 0.717) is 12.3 Å². The first kappa shape index (κ1) is 17.2. The van der Waals surface area contributed by atoms with Gasteiger partial charge < -0.3 is 10.1 Å².